The molecule has 0 atom stereocenters. The van der Waals surface area contributed by atoms with Crippen LogP contribution in [0.2, 0.25) is 0 Å². The Morgan fingerprint density at radius 3 is 2.29 bits per heavy atom. The van der Waals surface area contributed by atoms with Crippen LogP contribution in [0.1, 0.15) is 42.4 Å². The zero-order valence-electron chi connectivity index (χ0n) is 15.1. The molecular formula is C23H17F2NOS. The van der Waals surface area contributed by atoms with Crippen LogP contribution in [0.5, 0.6) is 5.75 Å². The molecule has 1 fully saturated rings. The molecule has 0 heterocycles. The number of hydrogen-bond donors (Lipinski definition) is 0. The van der Waals surface area contributed by atoms with Gasteiger partial charge in [-0.25, -0.2) is 8.78 Å². The molecule has 0 N–H and O–H groups in total. The molecule has 140 valence electrons. The second-order valence-corrected chi connectivity index (χ2v) is 6.67. The van der Waals surface area contributed by atoms with E-state index in [4.69, 9.17) is 4.74 Å². The molecule has 0 amide bonds. The number of rotatable bonds is 3. The van der Waals surface area contributed by atoms with Crippen LogP contribution in [0.3, 0.4) is 0 Å². The second-order valence-electron chi connectivity index (χ2n) is 6.49. The molecule has 0 aliphatic heterocycles. The normalized spacial score (nSPS) is 12.9. The lowest BCUT2D eigenvalue weighted by Crippen LogP contribution is -2.07. The van der Waals surface area contributed by atoms with Crippen LogP contribution in [-0.4, -0.2) is 11.8 Å². The highest BCUT2D eigenvalue weighted by Gasteiger charge is 2.15. The van der Waals surface area contributed by atoms with Gasteiger partial charge in [-0.05, 0) is 73.3 Å². The Balaban J connectivity index is 1.69. The van der Waals surface area contributed by atoms with Crippen LogP contribution in [0.25, 0.3) is 0 Å². The Labute approximate surface area is 168 Å². The SMILES string of the molecule is Fc1cc(C#CN=C=S)cc(F)c1C#Cc1ccc(OCC2CCCC2)cc1. The minimum absolute atomic E-state index is 0.151. The van der Waals surface area contributed by atoms with Crippen molar-refractivity contribution >= 4 is 17.4 Å². The van der Waals surface area contributed by atoms with Crippen molar-refractivity contribution in [3.05, 3.63) is 64.7 Å². The monoisotopic (exact) mass is 393 g/mol. The predicted molar refractivity (Wildman–Crippen MR) is 108 cm³/mol. The van der Waals surface area contributed by atoms with E-state index in [0.717, 1.165) is 24.5 Å². The number of isothiocyanates is 1. The van der Waals surface area contributed by atoms with Crippen LogP contribution >= 0.6 is 12.2 Å². The molecular weight excluding hydrogens is 376 g/mol. The topological polar surface area (TPSA) is 21.6 Å². The average molecular weight is 393 g/mol. The summed E-state index contributed by atoms with van der Waals surface area (Å²) in [5.74, 6) is 7.66. The molecule has 0 aromatic heterocycles. The maximum absolute atomic E-state index is 14.1. The summed E-state index contributed by atoms with van der Waals surface area (Å²) in [4.78, 5) is 3.39. The van der Waals surface area contributed by atoms with Gasteiger partial charge in [0.2, 0.25) is 0 Å². The summed E-state index contributed by atoms with van der Waals surface area (Å²) in [6.07, 6.45) is 5.02. The van der Waals surface area contributed by atoms with E-state index in [1.165, 1.54) is 25.7 Å². The molecule has 2 aromatic rings. The van der Waals surface area contributed by atoms with Crippen molar-refractivity contribution in [2.24, 2.45) is 10.9 Å². The molecule has 2 nitrogen and oxygen atoms in total. The van der Waals surface area contributed by atoms with E-state index < -0.39 is 11.6 Å². The van der Waals surface area contributed by atoms with Gasteiger partial charge in [0.1, 0.15) is 17.4 Å². The molecule has 1 saturated carbocycles. The van der Waals surface area contributed by atoms with E-state index >= 15 is 0 Å². The Kier molecular flexibility index (Phi) is 6.93. The average Bonchev–Trinajstić information content (AvgIpc) is 3.20. The van der Waals surface area contributed by atoms with Gasteiger partial charge in [-0.2, -0.15) is 0 Å². The summed E-state index contributed by atoms with van der Waals surface area (Å²) in [5.41, 5.74) is 0.495. The number of hydrogen-bond acceptors (Lipinski definition) is 3. The van der Waals surface area contributed by atoms with Gasteiger partial charge in [-0.1, -0.05) is 24.7 Å². The molecule has 28 heavy (non-hydrogen) atoms. The van der Waals surface area contributed by atoms with Crippen molar-refractivity contribution < 1.29 is 13.5 Å². The fourth-order valence-electron chi connectivity index (χ4n) is 3.04. The van der Waals surface area contributed by atoms with Gasteiger partial charge < -0.3 is 4.74 Å². The van der Waals surface area contributed by atoms with Crippen molar-refractivity contribution in [2.75, 3.05) is 6.61 Å². The highest BCUT2D eigenvalue weighted by Crippen LogP contribution is 2.25. The summed E-state index contributed by atoms with van der Waals surface area (Å²) < 4.78 is 34.1. The van der Waals surface area contributed by atoms with Gasteiger partial charge in [0.15, 0.2) is 0 Å². The van der Waals surface area contributed by atoms with Crippen LogP contribution in [-0.2, 0) is 0 Å². The number of nitrogens with zero attached hydrogens (tertiary/aromatic N) is 1. The summed E-state index contributed by atoms with van der Waals surface area (Å²) in [7, 11) is 0. The highest BCUT2D eigenvalue weighted by atomic mass is 32.1. The third-order valence-corrected chi connectivity index (χ3v) is 4.58. The van der Waals surface area contributed by atoms with Gasteiger partial charge in [0.25, 0.3) is 0 Å². The Morgan fingerprint density at radius 2 is 1.64 bits per heavy atom. The zero-order chi connectivity index (χ0) is 19.8. The molecule has 0 unspecified atom stereocenters. The lowest BCUT2D eigenvalue weighted by Gasteiger charge is -2.11. The summed E-state index contributed by atoms with van der Waals surface area (Å²) in [5, 5.41) is 2.06. The van der Waals surface area contributed by atoms with E-state index in [1.807, 2.05) is 12.1 Å². The lowest BCUT2D eigenvalue weighted by molar-refractivity contribution is 0.252. The molecule has 5 heteroatoms. The van der Waals surface area contributed by atoms with E-state index in [9.17, 15) is 8.78 Å². The first-order valence-corrected chi connectivity index (χ1v) is 9.38. The minimum Gasteiger partial charge on any atom is -0.493 e. The first-order chi connectivity index (χ1) is 13.7. The van der Waals surface area contributed by atoms with Gasteiger partial charge in [0, 0.05) is 11.1 Å². The first kappa shape index (κ1) is 19.8. The maximum Gasteiger partial charge on any atom is 0.143 e. The molecule has 3 rings (SSSR count). The van der Waals surface area contributed by atoms with Crippen molar-refractivity contribution in [3.63, 3.8) is 0 Å². The first-order valence-electron chi connectivity index (χ1n) is 8.97. The summed E-state index contributed by atoms with van der Waals surface area (Å²) in [6, 6.07) is 11.7. The molecule has 0 radical (unpaired) electrons. The Morgan fingerprint density at radius 1 is 0.964 bits per heavy atom. The summed E-state index contributed by atoms with van der Waals surface area (Å²) >= 11 is 4.37. The van der Waals surface area contributed by atoms with Crippen LogP contribution < -0.4 is 4.74 Å². The Hall–Kier alpha value is -2.98. The standard InChI is InChI=1S/C23H17F2NOS/c24-22-13-19(11-12-26-16-28)14-23(25)21(22)10-7-17-5-8-20(9-6-17)27-15-18-3-1-2-4-18/h5-6,8-9,13-14,18H,1-4,15H2. The summed E-state index contributed by atoms with van der Waals surface area (Å²) in [6.45, 7) is 0.729. The van der Waals surface area contributed by atoms with Gasteiger partial charge in [0.05, 0.1) is 23.4 Å². The lowest BCUT2D eigenvalue weighted by atomic mass is 10.1. The highest BCUT2D eigenvalue weighted by molar-refractivity contribution is 7.78. The molecule has 0 saturated heterocycles. The van der Waals surface area contributed by atoms with Gasteiger partial charge >= 0.3 is 0 Å². The van der Waals surface area contributed by atoms with Crippen molar-refractivity contribution in [2.45, 2.75) is 25.7 Å². The largest absolute Gasteiger partial charge is 0.493 e. The second kappa shape index (κ2) is 9.81. The number of thiocarbonyl (C=S) groups is 1. The minimum atomic E-state index is -0.778. The van der Waals surface area contributed by atoms with E-state index in [1.54, 1.807) is 12.1 Å². The number of ether oxygens (including phenoxy) is 1. The predicted octanol–water partition coefficient (Wildman–Crippen LogP) is 5.35. The van der Waals surface area contributed by atoms with Crippen molar-refractivity contribution in [1.29, 1.82) is 0 Å². The zero-order valence-corrected chi connectivity index (χ0v) is 15.9. The number of aliphatic imine (C=N–C) groups is 1. The molecule has 0 spiro atoms. The quantitative estimate of drug-likeness (QED) is 0.399. The van der Waals surface area contributed by atoms with Crippen LogP contribution in [0.4, 0.5) is 8.78 Å². The van der Waals surface area contributed by atoms with Gasteiger partial charge in [-0.3, -0.25) is 0 Å². The maximum atomic E-state index is 14.1. The fourth-order valence-corrected chi connectivity index (χ4v) is 3.09. The van der Waals surface area contributed by atoms with E-state index in [0.29, 0.717) is 11.5 Å². The Bertz CT molecular complexity index is 990. The van der Waals surface area contributed by atoms with Gasteiger partial charge in [-0.15, -0.1) is 4.99 Å². The van der Waals surface area contributed by atoms with E-state index in [-0.39, 0.29) is 11.1 Å². The number of benzene rings is 2. The molecule has 1 aliphatic rings. The van der Waals surface area contributed by atoms with E-state index in [2.05, 4.69) is 46.2 Å². The number of halogens is 2. The smallest absolute Gasteiger partial charge is 0.143 e. The molecule has 2 aromatic carbocycles. The van der Waals surface area contributed by atoms with Crippen molar-refractivity contribution in [3.8, 4) is 29.6 Å². The molecule has 1 aliphatic carbocycles. The van der Waals surface area contributed by atoms with Crippen molar-refractivity contribution in [1.82, 2.24) is 0 Å². The third-order valence-electron chi connectivity index (χ3n) is 4.49. The van der Waals surface area contributed by atoms with Crippen LogP contribution in [0, 0.1) is 41.4 Å². The fraction of sp³-hybridized carbons (Fsp3) is 0.261. The van der Waals surface area contributed by atoms with Crippen LogP contribution in [0.15, 0.2) is 41.4 Å². The third kappa shape index (κ3) is 5.51. The molecule has 0 bridgehead atoms.